The fraction of sp³-hybridized carbons (Fsp3) is 0.632. The SMILES string of the molecule is CN1[C@@H]2CC[C@H]1CC(NC(=O)c1cc(Br)cc3c1OC(C)(C)C3)C2. The van der Waals surface area contributed by atoms with Gasteiger partial charge in [-0.1, -0.05) is 15.9 Å². The number of hydrogen-bond acceptors (Lipinski definition) is 3. The molecule has 4 rings (SSSR count). The molecule has 3 aliphatic rings. The Morgan fingerprint density at radius 1 is 1.29 bits per heavy atom. The van der Waals surface area contributed by atoms with Gasteiger partial charge in [-0.15, -0.1) is 0 Å². The van der Waals surface area contributed by atoms with Crippen molar-refractivity contribution < 1.29 is 9.53 Å². The molecule has 2 fully saturated rings. The standard InChI is InChI=1S/C19H25BrN2O2/c1-19(2)10-11-6-12(20)7-16(17(11)24-19)18(23)21-13-8-14-4-5-15(9-13)22(14)3/h6-7,13-15H,4-5,8-10H2,1-3H3,(H,21,23)/t13?,14-,15+. The van der Waals surface area contributed by atoms with Gasteiger partial charge in [0.15, 0.2) is 0 Å². The Morgan fingerprint density at radius 3 is 2.62 bits per heavy atom. The molecule has 1 unspecified atom stereocenters. The monoisotopic (exact) mass is 392 g/mol. The van der Waals surface area contributed by atoms with Gasteiger partial charge >= 0.3 is 0 Å². The Hall–Kier alpha value is -1.07. The van der Waals surface area contributed by atoms with Crippen LogP contribution in [-0.4, -0.2) is 41.6 Å². The number of rotatable bonds is 2. The van der Waals surface area contributed by atoms with E-state index in [4.69, 9.17) is 4.74 Å². The van der Waals surface area contributed by atoms with Crippen LogP contribution in [0.1, 0.15) is 55.5 Å². The van der Waals surface area contributed by atoms with E-state index in [2.05, 4.69) is 53.1 Å². The summed E-state index contributed by atoms with van der Waals surface area (Å²) in [4.78, 5) is 15.4. The Labute approximate surface area is 152 Å². The summed E-state index contributed by atoms with van der Waals surface area (Å²) in [7, 11) is 2.22. The number of ether oxygens (including phenoxy) is 1. The van der Waals surface area contributed by atoms with Crippen LogP contribution in [0.4, 0.5) is 0 Å². The number of benzene rings is 1. The van der Waals surface area contributed by atoms with E-state index in [1.165, 1.54) is 12.8 Å². The van der Waals surface area contributed by atoms with Crippen molar-refractivity contribution in [3.8, 4) is 5.75 Å². The molecule has 4 nitrogen and oxygen atoms in total. The van der Waals surface area contributed by atoms with Gasteiger partial charge in [0.25, 0.3) is 5.91 Å². The molecule has 1 N–H and O–H groups in total. The smallest absolute Gasteiger partial charge is 0.255 e. The van der Waals surface area contributed by atoms with E-state index in [9.17, 15) is 4.79 Å². The fourth-order valence-electron chi connectivity index (χ4n) is 4.63. The van der Waals surface area contributed by atoms with Crippen LogP contribution in [0.15, 0.2) is 16.6 Å². The maximum Gasteiger partial charge on any atom is 0.255 e. The van der Waals surface area contributed by atoms with Crippen LogP contribution in [0.5, 0.6) is 5.75 Å². The molecule has 0 radical (unpaired) electrons. The molecule has 2 saturated heterocycles. The van der Waals surface area contributed by atoms with Gasteiger partial charge in [-0.05, 0) is 58.7 Å². The lowest BCUT2D eigenvalue weighted by Crippen LogP contribution is -2.48. The zero-order valence-corrected chi connectivity index (χ0v) is 16.1. The van der Waals surface area contributed by atoms with Crippen molar-refractivity contribution in [1.29, 1.82) is 0 Å². The second-order valence-electron chi connectivity index (χ2n) is 8.17. The molecule has 3 atom stereocenters. The molecule has 0 saturated carbocycles. The summed E-state index contributed by atoms with van der Waals surface area (Å²) in [5.41, 5.74) is 1.53. The minimum absolute atomic E-state index is 0.000738. The van der Waals surface area contributed by atoms with Crippen LogP contribution in [0, 0.1) is 0 Å². The van der Waals surface area contributed by atoms with Crippen LogP contribution in [0.25, 0.3) is 0 Å². The summed E-state index contributed by atoms with van der Waals surface area (Å²) in [5, 5.41) is 3.27. The molecular formula is C19H25BrN2O2. The van der Waals surface area contributed by atoms with Crippen molar-refractivity contribution >= 4 is 21.8 Å². The normalized spacial score (nSPS) is 30.8. The van der Waals surface area contributed by atoms with Gasteiger partial charge in [0.1, 0.15) is 11.4 Å². The van der Waals surface area contributed by atoms with Crippen LogP contribution in [0.3, 0.4) is 0 Å². The number of nitrogens with zero attached hydrogens (tertiary/aromatic N) is 1. The first-order valence-electron chi connectivity index (χ1n) is 8.86. The largest absolute Gasteiger partial charge is 0.486 e. The molecule has 5 heteroatoms. The van der Waals surface area contributed by atoms with Gasteiger partial charge in [-0.3, -0.25) is 4.79 Å². The number of carbonyl (C=O) groups excluding carboxylic acids is 1. The molecule has 2 bridgehead atoms. The Morgan fingerprint density at radius 2 is 1.96 bits per heavy atom. The lowest BCUT2D eigenvalue weighted by atomic mass is 9.97. The van der Waals surface area contributed by atoms with Crippen molar-refractivity contribution in [2.24, 2.45) is 0 Å². The molecule has 130 valence electrons. The first-order valence-corrected chi connectivity index (χ1v) is 9.66. The highest BCUT2D eigenvalue weighted by molar-refractivity contribution is 9.10. The Balaban J connectivity index is 1.54. The van der Waals surface area contributed by atoms with Gasteiger partial charge in [0, 0.05) is 34.6 Å². The van der Waals surface area contributed by atoms with E-state index in [-0.39, 0.29) is 17.6 Å². The third-order valence-electron chi connectivity index (χ3n) is 5.80. The highest BCUT2D eigenvalue weighted by Gasteiger charge is 2.39. The van der Waals surface area contributed by atoms with Crippen molar-refractivity contribution in [3.05, 3.63) is 27.7 Å². The number of amides is 1. The number of hydrogen-bond donors (Lipinski definition) is 1. The first kappa shape index (κ1) is 16.4. The van der Waals surface area contributed by atoms with E-state index < -0.39 is 0 Å². The number of nitrogens with one attached hydrogen (secondary N) is 1. The molecule has 3 heterocycles. The first-order chi connectivity index (χ1) is 11.3. The fourth-order valence-corrected chi connectivity index (χ4v) is 5.14. The zero-order chi connectivity index (χ0) is 17.1. The molecule has 0 spiro atoms. The van der Waals surface area contributed by atoms with Gasteiger partial charge in [-0.25, -0.2) is 0 Å². The maximum atomic E-state index is 12.9. The second-order valence-corrected chi connectivity index (χ2v) is 9.09. The van der Waals surface area contributed by atoms with E-state index in [1.54, 1.807) is 0 Å². The zero-order valence-electron chi connectivity index (χ0n) is 14.6. The summed E-state index contributed by atoms with van der Waals surface area (Å²) in [6.45, 7) is 4.13. The van der Waals surface area contributed by atoms with Crippen molar-refractivity contribution in [1.82, 2.24) is 10.2 Å². The highest BCUT2D eigenvalue weighted by Crippen LogP contribution is 2.40. The molecule has 1 aromatic rings. The van der Waals surface area contributed by atoms with Crippen LogP contribution in [-0.2, 0) is 6.42 Å². The maximum absolute atomic E-state index is 12.9. The van der Waals surface area contributed by atoms with Crippen molar-refractivity contribution in [3.63, 3.8) is 0 Å². The summed E-state index contributed by atoms with van der Waals surface area (Å²) in [6.07, 6.45) is 5.47. The summed E-state index contributed by atoms with van der Waals surface area (Å²) in [5.74, 6) is 0.760. The molecule has 24 heavy (non-hydrogen) atoms. The number of fused-ring (bicyclic) bond motifs is 3. The molecule has 3 aliphatic heterocycles. The predicted molar refractivity (Wildman–Crippen MR) is 97.6 cm³/mol. The number of halogens is 1. The van der Waals surface area contributed by atoms with E-state index >= 15 is 0 Å². The van der Waals surface area contributed by atoms with Crippen LogP contribution in [0.2, 0.25) is 0 Å². The summed E-state index contributed by atoms with van der Waals surface area (Å²) < 4.78 is 7.01. The number of piperidine rings is 1. The lowest BCUT2D eigenvalue weighted by Gasteiger charge is -2.36. The highest BCUT2D eigenvalue weighted by atomic mass is 79.9. The molecule has 1 amide bonds. The minimum Gasteiger partial charge on any atom is -0.486 e. The predicted octanol–water partition coefficient (Wildman–Crippen LogP) is 3.52. The summed E-state index contributed by atoms with van der Waals surface area (Å²) >= 11 is 3.54. The Kier molecular flexibility index (Phi) is 3.92. The lowest BCUT2D eigenvalue weighted by molar-refractivity contribution is 0.0870. The second kappa shape index (κ2) is 5.73. The Bertz CT molecular complexity index is 674. The van der Waals surface area contributed by atoms with E-state index in [0.717, 1.165) is 35.0 Å². The van der Waals surface area contributed by atoms with E-state index in [1.807, 2.05) is 6.07 Å². The molecule has 1 aromatic carbocycles. The van der Waals surface area contributed by atoms with E-state index in [0.29, 0.717) is 17.6 Å². The quantitative estimate of drug-likeness (QED) is 0.836. The molecular weight excluding hydrogens is 368 g/mol. The topological polar surface area (TPSA) is 41.6 Å². The number of carbonyl (C=O) groups is 1. The van der Waals surface area contributed by atoms with Crippen molar-refractivity contribution in [2.75, 3.05) is 7.05 Å². The van der Waals surface area contributed by atoms with Crippen molar-refractivity contribution in [2.45, 2.75) is 69.7 Å². The molecule has 0 aromatic heterocycles. The average molecular weight is 393 g/mol. The molecule has 0 aliphatic carbocycles. The van der Waals surface area contributed by atoms with Gasteiger partial charge in [-0.2, -0.15) is 0 Å². The van der Waals surface area contributed by atoms with Crippen LogP contribution < -0.4 is 10.1 Å². The van der Waals surface area contributed by atoms with Gasteiger partial charge < -0.3 is 15.0 Å². The van der Waals surface area contributed by atoms with Crippen LogP contribution >= 0.6 is 15.9 Å². The van der Waals surface area contributed by atoms with Gasteiger partial charge in [0.05, 0.1) is 5.56 Å². The average Bonchev–Trinajstić information content (AvgIpc) is 2.88. The third kappa shape index (κ3) is 2.86. The van der Waals surface area contributed by atoms with Gasteiger partial charge in [0.2, 0.25) is 0 Å². The minimum atomic E-state index is -0.245. The third-order valence-corrected chi connectivity index (χ3v) is 6.26. The summed E-state index contributed by atoms with van der Waals surface area (Å²) in [6, 6.07) is 5.47.